The average molecular weight is 349 g/mol. The van der Waals surface area contributed by atoms with Crippen molar-refractivity contribution in [3.05, 3.63) is 35.6 Å². The molecule has 1 fully saturated rings. The molecule has 2 unspecified atom stereocenters. The normalized spacial score (nSPS) is 19.8. The van der Waals surface area contributed by atoms with Gasteiger partial charge in [0.1, 0.15) is 5.82 Å². The number of likely N-dealkylation sites (tertiary alicyclic amines) is 1. The van der Waals surface area contributed by atoms with E-state index >= 15 is 0 Å². The second-order valence-corrected chi connectivity index (χ2v) is 7.66. The molecular formula is C20H32FN3O. The summed E-state index contributed by atoms with van der Waals surface area (Å²) >= 11 is 0. The number of halogens is 1. The van der Waals surface area contributed by atoms with Crippen LogP contribution in [-0.2, 0) is 11.3 Å². The van der Waals surface area contributed by atoms with Crippen LogP contribution in [0.4, 0.5) is 4.39 Å². The standard InChI is InChI=1S/C20H32FN3O/c1-15(2)19(22)9-11-23(3)20(25)17-7-5-10-24(14-17)13-16-6-4-8-18(21)12-16/h4,6,8,12,15,17,19H,5,7,9-11,13-14,22H2,1-3H3. The minimum Gasteiger partial charge on any atom is -0.345 e. The zero-order chi connectivity index (χ0) is 18.4. The van der Waals surface area contributed by atoms with E-state index in [1.54, 1.807) is 12.1 Å². The van der Waals surface area contributed by atoms with Gasteiger partial charge in [0.2, 0.25) is 5.91 Å². The predicted molar refractivity (Wildman–Crippen MR) is 99.5 cm³/mol. The zero-order valence-electron chi connectivity index (χ0n) is 15.7. The molecule has 2 N–H and O–H groups in total. The number of piperidine rings is 1. The molecule has 25 heavy (non-hydrogen) atoms. The van der Waals surface area contributed by atoms with Gasteiger partial charge in [-0.3, -0.25) is 9.69 Å². The van der Waals surface area contributed by atoms with Crippen molar-refractivity contribution in [3.63, 3.8) is 0 Å². The van der Waals surface area contributed by atoms with Gasteiger partial charge in [-0.15, -0.1) is 0 Å². The van der Waals surface area contributed by atoms with Crippen LogP contribution in [0.2, 0.25) is 0 Å². The number of carbonyl (C=O) groups is 1. The quantitative estimate of drug-likeness (QED) is 0.823. The van der Waals surface area contributed by atoms with Crippen molar-refractivity contribution < 1.29 is 9.18 Å². The van der Waals surface area contributed by atoms with Crippen LogP contribution < -0.4 is 5.73 Å². The first-order chi connectivity index (χ1) is 11.9. The number of nitrogens with zero attached hydrogens (tertiary/aromatic N) is 2. The number of benzene rings is 1. The SMILES string of the molecule is CC(C)C(N)CCN(C)C(=O)C1CCCN(Cc2cccc(F)c2)C1. The van der Waals surface area contributed by atoms with Gasteiger partial charge in [0.15, 0.2) is 0 Å². The third-order valence-electron chi connectivity index (χ3n) is 5.18. The number of carbonyl (C=O) groups excluding carboxylic acids is 1. The topological polar surface area (TPSA) is 49.6 Å². The summed E-state index contributed by atoms with van der Waals surface area (Å²) < 4.78 is 13.3. The van der Waals surface area contributed by atoms with Crippen LogP contribution in [0.25, 0.3) is 0 Å². The molecule has 2 atom stereocenters. The molecule has 0 aromatic heterocycles. The van der Waals surface area contributed by atoms with E-state index in [1.165, 1.54) is 6.07 Å². The highest BCUT2D eigenvalue weighted by Crippen LogP contribution is 2.21. The van der Waals surface area contributed by atoms with Crippen molar-refractivity contribution in [2.45, 2.75) is 45.7 Å². The summed E-state index contributed by atoms with van der Waals surface area (Å²) in [5.74, 6) is 0.464. The minimum atomic E-state index is -0.205. The fraction of sp³-hybridized carbons (Fsp3) is 0.650. The molecule has 1 amide bonds. The van der Waals surface area contributed by atoms with Crippen molar-refractivity contribution in [1.82, 2.24) is 9.80 Å². The summed E-state index contributed by atoms with van der Waals surface area (Å²) in [5.41, 5.74) is 7.05. The van der Waals surface area contributed by atoms with E-state index in [2.05, 4.69) is 18.7 Å². The highest BCUT2D eigenvalue weighted by atomic mass is 19.1. The molecule has 0 spiro atoms. The van der Waals surface area contributed by atoms with E-state index in [9.17, 15) is 9.18 Å². The van der Waals surface area contributed by atoms with Crippen LogP contribution in [0.5, 0.6) is 0 Å². The van der Waals surface area contributed by atoms with Gasteiger partial charge in [0.25, 0.3) is 0 Å². The molecule has 1 aliphatic heterocycles. The molecule has 2 rings (SSSR count). The Morgan fingerprint density at radius 1 is 1.44 bits per heavy atom. The summed E-state index contributed by atoms with van der Waals surface area (Å²) in [7, 11) is 1.88. The van der Waals surface area contributed by atoms with Crippen molar-refractivity contribution in [1.29, 1.82) is 0 Å². The van der Waals surface area contributed by atoms with E-state index in [1.807, 2.05) is 18.0 Å². The predicted octanol–water partition coefficient (Wildman–Crippen LogP) is 2.87. The molecular weight excluding hydrogens is 317 g/mol. The summed E-state index contributed by atoms with van der Waals surface area (Å²) in [4.78, 5) is 16.8. The average Bonchev–Trinajstić information content (AvgIpc) is 2.58. The van der Waals surface area contributed by atoms with Crippen LogP contribution in [0.3, 0.4) is 0 Å². The molecule has 1 aliphatic rings. The molecule has 0 saturated carbocycles. The van der Waals surface area contributed by atoms with Gasteiger partial charge < -0.3 is 10.6 Å². The maximum Gasteiger partial charge on any atom is 0.226 e. The maximum atomic E-state index is 13.3. The highest BCUT2D eigenvalue weighted by molar-refractivity contribution is 5.78. The lowest BCUT2D eigenvalue weighted by Gasteiger charge is -2.34. The number of amides is 1. The molecule has 1 aromatic carbocycles. The van der Waals surface area contributed by atoms with E-state index in [0.717, 1.165) is 37.9 Å². The molecule has 140 valence electrons. The Morgan fingerprint density at radius 3 is 2.88 bits per heavy atom. The van der Waals surface area contributed by atoms with Gasteiger partial charge in [0.05, 0.1) is 5.92 Å². The van der Waals surface area contributed by atoms with E-state index < -0.39 is 0 Å². The van der Waals surface area contributed by atoms with Gasteiger partial charge in [-0.1, -0.05) is 26.0 Å². The lowest BCUT2D eigenvalue weighted by atomic mass is 9.95. The van der Waals surface area contributed by atoms with Gasteiger partial charge in [-0.25, -0.2) is 4.39 Å². The van der Waals surface area contributed by atoms with Gasteiger partial charge >= 0.3 is 0 Å². The third-order valence-corrected chi connectivity index (χ3v) is 5.18. The van der Waals surface area contributed by atoms with E-state index in [4.69, 9.17) is 5.73 Å². The van der Waals surface area contributed by atoms with Crippen molar-refractivity contribution in [3.8, 4) is 0 Å². The Hall–Kier alpha value is -1.46. The molecule has 0 bridgehead atoms. The molecule has 1 saturated heterocycles. The van der Waals surface area contributed by atoms with Gasteiger partial charge in [0, 0.05) is 32.7 Å². The van der Waals surface area contributed by atoms with Crippen LogP contribution in [0.1, 0.15) is 38.7 Å². The van der Waals surface area contributed by atoms with Crippen LogP contribution in [0, 0.1) is 17.7 Å². The number of hydrogen-bond donors (Lipinski definition) is 1. The number of nitrogens with two attached hydrogens (primary N) is 1. The van der Waals surface area contributed by atoms with E-state index in [-0.39, 0.29) is 23.7 Å². The second kappa shape index (κ2) is 9.30. The molecule has 1 aromatic rings. The first-order valence-electron chi connectivity index (χ1n) is 9.34. The Labute approximate surface area is 151 Å². The first-order valence-corrected chi connectivity index (χ1v) is 9.34. The molecule has 4 nitrogen and oxygen atoms in total. The van der Waals surface area contributed by atoms with Gasteiger partial charge in [-0.2, -0.15) is 0 Å². The second-order valence-electron chi connectivity index (χ2n) is 7.66. The van der Waals surface area contributed by atoms with Crippen LogP contribution in [0.15, 0.2) is 24.3 Å². The smallest absolute Gasteiger partial charge is 0.226 e. The number of rotatable bonds is 7. The minimum absolute atomic E-state index is 0.0302. The zero-order valence-corrected chi connectivity index (χ0v) is 15.7. The summed E-state index contributed by atoms with van der Waals surface area (Å²) in [6, 6.07) is 6.84. The lowest BCUT2D eigenvalue weighted by molar-refractivity contribution is -0.136. The maximum absolute atomic E-state index is 13.3. The molecule has 0 radical (unpaired) electrons. The molecule has 0 aliphatic carbocycles. The monoisotopic (exact) mass is 349 g/mol. The summed E-state index contributed by atoms with van der Waals surface area (Å²) in [5, 5.41) is 0. The van der Waals surface area contributed by atoms with Crippen LogP contribution in [-0.4, -0.2) is 48.4 Å². The Balaban J connectivity index is 1.85. The Bertz CT molecular complexity index is 564. The third kappa shape index (κ3) is 6.08. The van der Waals surface area contributed by atoms with Crippen molar-refractivity contribution >= 4 is 5.91 Å². The molecule has 5 heteroatoms. The largest absolute Gasteiger partial charge is 0.345 e. The summed E-state index contributed by atoms with van der Waals surface area (Å²) in [6.45, 7) is 7.33. The van der Waals surface area contributed by atoms with Crippen LogP contribution >= 0.6 is 0 Å². The fourth-order valence-electron chi connectivity index (χ4n) is 3.39. The Kier molecular flexibility index (Phi) is 7.38. The van der Waals surface area contributed by atoms with Crippen molar-refractivity contribution in [2.24, 2.45) is 17.6 Å². The van der Waals surface area contributed by atoms with E-state index in [0.29, 0.717) is 19.0 Å². The Morgan fingerprint density at radius 2 is 2.20 bits per heavy atom. The van der Waals surface area contributed by atoms with Crippen molar-refractivity contribution in [2.75, 3.05) is 26.7 Å². The molecule has 1 heterocycles. The van der Waals surface area contributed by atoms with Gasteiger partial charge in [-0.05, 0) is 49.4 Å². The highest BCUT2D eigenvalue weighted by Gasteiger charge is 2.28. The summed E-state index contributed by atoms with van der Waals surface area (Å²) in [6.07, 6.45) is 2.77. The number of hydrogen-bond acceptors (Lipinski definition) is 3. The first kappa shape index (κ1) is 19.9. The lowest BCUT2D eigenvalue weighted by Crippen LogP contribution is -2.44. The fourth-order valence-corrected chi connectivity index (χ4v) is 3.39.